The van der Waals surface area contributed by atoms with E-state index < -0.39 is 0 Å². The highest BCUT2D eigenvalue weighted by Gasteiger charge is 2.20. The Morgan fingerprint density at radius 1 is 1.20 bits per heavy atom. The Balaban J connectivity index is 0.00000361. The van der Waals surface area contributed by atoms with Crippen LogP contribution >= 0.6 is 12.4 Å². The SMILES string of the molecule is CC(C)(C)CC(=O)N(CCCN)Cc1ccccc1.Cl. The Hall–Kier alpha value is -1.06. The summed E-state index contributed by atoms with van der Waals surface area (Å²) in [5, 5.41) is 0. The van der Waals surface area contributed by atoms with Crippen molar-refractivity contribution in [3.05, 3.63) is 35.9 Å². The molecule has 0 heterocycles. The molecule has 1 rings (SSSR count). The predicted molar refractivity (Wildman–Crippen MR) is 86.9 cm³/mol. The standard InChI is InChI=1S/C16H26N2O.ClH/c1-16(2,3)12-15(19)18(11-7-10-17)13-14-8-5-4-6-9-14;/h4-6,8-9H,7,10-13,17H2,1-3H3;1H. The third-order valence-electron chi connectivity index (χ3n) is 2.88. The number of carbonyl (C=O) groups excluding carboxylic acids is 1. The molecular weight excluding hydrogens is 272 g/mol. The van der Waals surface area contributed by atoms with Crippen molar-refractivity contribution >= 4 is 18.3 Å². The molecular formula is C16H27ClN2O. The minimum Gasteiger partial charge on any atom is -0.338 e. The lowest BCUT2D eigenvalue weighted by molar-refractivity contribution is -0.133. The molecule has 3 nitrogen and oxygen atoms in total. The molecule has 0 aliphatic heterocycles. The van der Waals surface area contributed by atoms with E-state index in [1.807, 2.05) is 23.1 Å². The molecule has 1 aromatic rings. The van der Waals surface area contributed by atoms with E-state index in [9.17, 15) is 4.79 Å². The first-order valence-electron chi connectivity index (χ1n) is 6.94. The molecule has 0 aliphatic carbocycles. The number of nitrogens with two attached hydrogens (primary N) is 1. The smallest absolute Gasteiger partial charge is 0.223 e. The van der Waals surface area contributed by atoms with Crippen LogP contribution in [0.15, 0.2) is 30.3 Å². The molecule has 0 aliphatic rings. The first kappa shape index (κ1) is 18.9. The van der Waals surface area contributed by atoms with Crippen molar-refractivity contribution in [3.63, 3.8) is 0 Å². The minimum atomic E-state index is 0. The number of halogens is 1. The van der Waals surface area contributed by atoms with Gasteiger partial charge in [0.2, 0.25) is 5.91 Å². The summed E-state index contributed by atoms with van der Waals surface area (Å²) in [5.41, 5.74) is 6.75. The zero-order chi connectivity index (χ0) is 14.3. The van der Waals surface area contributed by atoms with E-state index >= 15 is 0 Å². The first-order chi connectivity index (χ1) is 8.92. The van der Waals surface area contributed by atoms with Crippen LogP contribution in [0.1, 0.15) is 39.2 Å². The lowest BCUT2D eigenvalue weighted by Gasteiger charge is -2.27. The van der Waals surface area contributed by atoms with E-state index in [0.717, 1.165) is 13.0 Å². The van der Waals surface area contributed by atoms with Gasteiger partial charge in [0.05, 0.1) is 0 Å². The molecule has 0 aromatic heterocycles. The van der Waals surface area contributed by atoms with Crippen molar-refractivity contribution in [2.24, 2.45) is 11.1 Å². The van der Waals surface area contributed by atoms with E-state index in [-0.39, 0.29) is 23.7 Å². The second-order valence-electron chi connectivity index (χ2n) is 6.18. The van der Waals surface area contributed by atoms with Crippen LogP contribution in [-0.2, 0) is 11.3 Å². The molecule has 2 N–H and O–H groups in total. The molecule has 0 fully saturated rings. The van der Waals surface area contributed by atoms with Gasteiger partial charge in [0.25, 0.3) is 0 Å². The third kappa shape index (κ3) is 7.51. The summed E-state index contributed by atoms with van der Waals surface area (Å²) in [6, 6.07) is 10.1. The zero-order valence-corrected chi connectivity index (χ0v) is 13.6. The van der Waals surface area contributed by atoms with Gasteiger partial charge in [-0.1, -0.05) is 51.1 Å². The van der Waals surface area contributed by atoms with Crippen molar-refractivity contribution in [2.75, 3.05) is 13.1 Å². The van der Waals surface area contributed by atoms with Crippen LogP contribution in [-0.4, -0.2) is 23.9 Å². The summed E-state index contributed by atoms with van der Waals surface area (Å²) in [5.74, 6) is 0.213. The molecule has 0 bridgehead atoms. The lowest BCUT2D eigenvalue weighted by Crippen LogP contribution is -2.34. The Kier molecular flexibility index (Phi) is 8.51. The van der Waals surface area contributed by atoms with Gasteiger partial charge in [-0.15, -0.1) is 12.4 Å². The van der Waals surface area contributed by atoms with Crippen molar-refractivity contribution in [1.82, 2.24) is 4.90 Å². The van der Waals surface area contributed by atoms with Gasteiger partial charge < -0.3 is 10.6 Å². The van der Waals surface area contributed by atoms with Gasteiger partial charge in [0, 0.05) is 19.5 Å². The Morgan fingerprint density at radius 2 is 1.80 bits per heavy atom. The fourth-order valence-corrected chi connectivity index (χ4v) is 1.94. The molecule has 1 aromatic carbocycles. The van der Waals surface area contributed by atoms with E-state index in [0.29, 0.717) is 19.5 Å². The number of hydrogen-bond donors (Lipinski definition) is 1. The number of rotatable bonds is 6. The molecule has 0 saturated carbocycles. The third-order valence-corrected chi connectivity index (χ3v) is 2.88. The maximum absolute atomic E-state index is 12.4. The average Bonchev–Trinajstić information content (AvgIpc) is 2.33. The van der Waals surface area contributed by atoms with Crippen molar-refractivity contribution in [3.8, 4) is 0 Å². The number of benzene rings is 1. The molecule has 0 atom stereocenters. The molecule has 0 saturated heterocycles. The van der Waals surface area contributed by atoms with Crippen LogP contribution in [0.5, 0.6) is 0 Å². The molecule has 1 amide bonds. The number of amides is 1. The molecule has 0 spiro atoms. The largest absolute Gasteiger partial charge is 0.338 e. The maximum atomic E-state index is 12.4. The van der Waals surface area contributed by atoms with Gasteiger partial charge >= 0.3 is 0 Å². The van der Waals surface area contributed by atoms with Gasteiger partial charge in [-0.2, -0.15) is 0 Å². The highest BCUT2D eigenvalue weighted by Crippen LogP contribution is 2.20. The van der Waals surface area contributed by atoms with Crippen LogP contribution in [0, 0.1) is 5.41 Å². The van der Waals surface area contributed by atoms with Crippen LogP contribution in [0.3, 0.4) is 0 Å². The van der Waals surface area contributed by atoms with E-state index in [4.69, 9.17) is 5.73 Å². The van der Waals surface area contributed by atoms with Crippen molar-refractivity contribution in [1.29, 1.82) is 0 Å². The second-order valence-corrected chi connectivity index (χ2v) is 6.18. The predicted octanol–water partition coefficient (Wildman–Crippen LogP) is 3.22. The summed E-state index contributed by atoms with van der Waals surface area (Å²) < 4.78 is 0. The molecule has 0 unspecified atom stereocenters. The van der Waals surface area contributed by atoms with Gasteiger partial charge in [-0.25, -0.2) is 0 Å². The highest BCUT2D eigenvalue weighted by molar-refractivity contribution is 5.85. The van der Waals surface area contributed by atoms with Gasteiger partial charge in [0.1, 0.15) is 0 Å². The zero-order valence-electron chi connectivity index (χ0n) is 12.8. The van der Waals surface area contributed by atoms with E-state index in [1.165, 1.54) is 5.56 Å². The summed E-state index contributed by atoms with van der Waals surface area (Å²) >= 11 is 0. The van der Waals surface area contributed by atoms with Crippen molar-refractivity contribution < 1.29 is 4.79 Å². The maximum Gasteiger partial charge on any atom is 0.223 e. The molecule has 0 radical (unpaired) electrons. The summed E-state index contributed by atoms with van der Waals surface area (Å²) in [6.45, 7) is 8.31. The normalized spacial score (nSPS) is 10.8. The monoisotopic (exact) mass is 298 g/mol. The molecule has 20 heavy (non-hydrogen) atoms. The average molecular weight is 299 g/mol. The van der Waals surface area contributed by atoms with E-state index in [2.05, 4.69) is 32.9 Å². The molecule has 4 heteroatoms. The van der Waals surface area contributed by atoms with Crippen LogP contribution in [0.25, 0.3) is 0 Å². The van der Waals surface area contributed by atoms with Gasteiger partial charge in [-0.3, -0.25) is 4.79 Å². The Bertz CT molecular complexity index is 387. The van der Waals surface area contributed by atoms with Gasteiger partial charge in [0.15, 0.2) is 0 Å². The Morgan fingerprint density at radius 3 is 2.30 bits per heavy atom. The van der Waals surface area contributed by atoms with Gasteiger partial charge in [-0.05, 0) is 23.9 Å². The topological polar surface area (TPSA) is 46.3 Å². The Labute approximate surface area is 128 Å². The van der Waals surface area contributed by atoms with Crippen molar-refractivity contribution in [2.45, 2.75) is 40.2 Å². The minimum absolute atomic E-state index is 0. The number of nitrogens with zero attached hydrogens (tertiary/aromatic N) is 1. The van der Waals surface area contributed by atoms with Crippen LogP contribution < -0.4 is 5.73 Å². The fourth-order valence-electron chi connectivity index (χ4n) is 1.94. The lowest BCUT2D eigenvalue weighted by atomic mass is 9.91. The van der Waals surface area contributed by atoms with Crippen LogP contribution in [0.4, 0.5) is 0 Å². The summed E-state index contributed by atoms with van der Waals surface area (Å²) in [4.78, 5) is 14.3. The second kappa shape index (κ2) is 8.98. The fraction of sp³-hybridized carbons (Fsp3) is 0.562. The first-order valence-corrected chi connectivity index (χ1v) is 6.94. The van der Waals surface area contributed by atoms with E-state index in [1.54, 1.807) is 0 Å². The quantitative estimate of drug-likeness (QED) is 0.876. The molecule has 114 valence electrons. The summed E-state index contributed by atoms with van der Waals surface area (Å²) in [6.07, 6.45) is 1.42. The van der Waals surface area contributed by atoms with Crippen LogP contribution in [0.2, 0.25) is 0 Å². The summed E-state index contributed by atoms with van der Waals surface area (Å²) in [7, 11) is 0. The number of hydrogen-bond acceptors (Lipinski definition) is 2. The highest BCUT2D eigenvalue weighted by atomic mass is 35.5. The number of carbonyl (C=O) groups is 1.